The van der Waals surface area contributed by atoms with Crippen molar-refractivity contribution in [3.8, 4) is 0 Å². The Morgan fingerprint density at radius 1 is 1.39 bits per heavy atom. The van der Waals surface area contributed by atoms with Crippen LogP contribution in [0.25, 0.3) is 0 Å². The fourth-order valence-corrected chi connectivity index (χ4v) is 2.09. The molecule has 0 radical (unpaired) electrons. The maximum absolute atomic E-state index is 11.9. The van der Waals surface area contributed by atoms with Gasteiger partial charge in [-0.1, -0.05) is 35.9 Å². The third-order valence-corrected chi connectivity index (χ3v) is 3.28. The Bertz CT molecular complexity index is 452. The number of aryl methyl sites for hydroxylation is 1. The number of carbonyl (C=O) groups excluding carboxylic acids is 1. The highest BCUT2D eigenvalue weighted by molar-refractivity contribution is 5.79. The largest absolute Gasteiger partial charge is 0.352 e. The zero-order chi connectivity index (χ0) is 12.8. The summed E-state index contributed by atoms with van der Waals surface area (Å²) in [5.74, 6) is 0.101. The minimum Gasteiger partial charge on any atom is -0.352 e. The van der Waals surface area contributed by atoms with Crippen LogP contribution < -0.4 is 10.6 Å². The van der Waals surface area contributed by atoms with Crippen LogP contribution in [0.5, 0.6) is 0 Å². The Labute approximate surface area is 108 Å². The third-order valence-electron chi connectivity index (χ3n) is 3.28. The van der Waals surface area contributed by atoms with E-state index in [-0.39, 0.29) is 5.91 Å². The summed E-state index contributed by atoms with van der Waals surface area (Å²) in [5, 5.41) is 6.25. The lowest BCUT2D eigenvalue weighted by atomic mass is 10.1. The molecule has 0 spiro atoms. The van der Waals surface area contributed by atoms with Gasteiger partial charge in [0, 0.05) is 13.1 Å². The molecule has 18 heavy (non-hydrogen) atoms. The number of hydrogen-bond donors (Lipinski definition) is 2. The van der Waals surface area contributed by atoms with E-state index in [4.69, 9.17) is 0 Å². The number of nitrogens with one attached hydrogen (secondary N) is 2. The minimum atomic E-state index is 0.101. The predicted molar refractivity (Wildman–Crippen MR) is 73.5 cm³/mol. The van der Waals surface area contributed by atoms with Crippen LogP contribution in [0.15, 0.2) is 35.9 Å². The molecule has 0 bridgehead atoms. The fourth-order valence-electron chi connectivity index (χ4n) is 2.09. The van der Waals surface area contributed by atoms with Gasteiger partial charge in [-0.2, -0.15) is 0 Å². The number of amides is 1. The summed E-state index contributed by atoms with van der Waals surface area (Å²) in [6.07, 6.45) is 3.67. The van der Waals surface area contributed by atoms with Gasteiger partial charge in [-0.3, -0.25) is 4.79 Å². The van der Waals surface area contributed by atoms with E-state index in [9.17, 15) is 4.79 Å². The van der Waals surface area contributed by atoms with E-state index < -0.39 is 0 Å². The number of benzene rings is 1. The van der Waals surface area contributed by atoms with E-state index >= 15 is 0 Å². The van der Waals surface area contributed by atoms with Gasteiger partial charge < -0.3 is 10.6 Å². The lowest BCUT2D eigenvalue weighted by molar-refractivity contribution is -0.120. The molecule has 1 aliphatic rings. The van der Waals surface area contributed by atoms with Gasteiger partial charge in [0.05, 0.1) is 6.42 Å². The van der Waals surface area contributed by atoms with Crippen LogP contribution in [0.3, 0.4) is 0 Å². The van der Waals surface area contributed by atoms with Gasteiger partial charge >= 0.3 is 0 Å². The number of rotatable bonds is 4. The molecule has 1 amide bonds. The molecule has 0 atom stereocenters. The molecule has 0 aromatic heterocycles. The summed E-state index contributed by atoms with van der Waals surface area (Å²) in [5.41, 5.74) is 3.61. The van der Waals surface area contributed by atoms with Crippen LogP contribution >= 0.6 is 0 Å². The minimum absolute atomic E-state index is 0.101. The summed E-state index contributed by atoms with van der Waals surface area (Å²) in [7, 11) is 0. The molecule has 1 aromatic carbocycles. The summed E-state index contributed by atoms with van der Waals surface area (Å²) in [4.78, 5) is 11.9. The first-order valence-electron chi connectivity index (χ1n) is 6.45. The van der Waals surface area contributed by atoms with Crippen molar-refractivity contribution >= 4 is 5.91 Å². The summed E-state index contributed by atoms with van der Waals surface area (Å²) in [6, 6.07) is 8.03. The van der Waals surface area contributed by atoms with Gasteiger partial charge in [0.15, 0.2) is 0 Å². The van der Waals surface area contributed by atoms with Gasteiger partial charge in [0.1, 0.15) is 0 Å². The predicted octanol–water partition coefficient (Wildman–Crippen LogP) is 1.57. The van der Waals surface area contributed by atoms with Crippen molar-refractivity contribution in [3.63, 3.8) is 0 Å². The maximum Gasteiger partial charge on any atom is 0.224 e. The second-order valence-electron chi connectivity index (χ2n) is 4.70. The summed E-state index contributed by atoms with van der Waals surface area (Å²) < 4.78 is 0. The summed E-state index contributed by atoms with van der Waals surface area (Å²) >= 11 is 0. The quantitative estimate of drug-likeness (QED) is 0.789. The molecule has 2 N–H and O–H groups in total. The van der Waals surface area contributed by atoms with Crippen molar-refractivity contribution in [2.24, 2.45) is 0 Å². The van der Waals surface area contributed by atoms with Crippen LogP contribution in [-0.2, 0) is 11.2 Å². The first-order chi connectivity index (χ1) is 8.75. The van der Waals surface area contributed by atoms with Crippen LogP contribution in [0.1, 0.15) is 17.5 Å². The zero-order valence-corrected chi connectivity index (χ0v) is 10.8. The van der Waals surface area contributed by atoms with Crippen molar-refractivity contribution in [2.45, 2.75) is 19.8 Å². The standard InChI is InChI=1S/C15H20N2O/c1-12-4-2-3-5-14(12)10-15(18)17-11-13-6-8-16-9-7-13/h2-6,16H,7-11H2,1H3,(H,17,18). The maximum atomic E-state index is 11.9. The molecule has 0 aliphatic carbocycles. The molecule has 1 aliphatic heterocycles. The summed E-state index contributed by atoms with van der Waals surface area (Å²) in [6.45, 7) is 4.66. The van der Waals surface area contributed by atoms with E-state index in [1.807, 2.05) is 31.2 Å². The molecular weight excluding hydrogens is 224 g/mol. The van der Waals surface area contributed by atoms with E-state index in [1.165, 1.54) is 11.1 Å². The highest BCUT2D eigenvalue weighted by Gasteiger charge is 2.07. The smallest absolute Gasteiger partial charge is 0.224 e. The SMILES string of the molecule is Cc1ccccc1CC(=O)NCC1=CCNCC1. The first kappa shape index (κ1) is 12.8. The molecule has 1 aromatic rings. The molecule has 0 saturated carbocycles. The second kappa shape index (κ2) is 6.36. The lowest BCUT2D eigenvalue weighted by Crippen LogP contribution is -2.30. The zero-order valence-electron chi connectivity index (χ0n) is 10.8. The molecular formula is C15H20N2O. The second-order valence-corrected chi connectivity index (χ2v) is 4.70. The molecule has 0 unspecified atom stereocenters. The van der Waals surface area contributed by atoms with Gasteiger partial charge in [-0.05, 0) is 31.0 Å². The van der Waals surface area contributed by atoms with E-state index in [0.717, 1.165) is 25.1 Å². The van der Waals surface area contributed by atoms with Gasteiger partial charge in [0.2, 0.25) is 5.91 Å². The average molecular weight is 244 g/mol. The van der Waals surface area contributed by atoms with Crippen molar-refractivity contribution in [2.75, 3.05) is 19.6 Å². The van der Waals surface area contributed by atoms with Crippen molar-refractivity contribution < 1.29 is 4.79 Å². The molecule has 0 saturated heterocycles. The molecule has 2 rings (SSSR count). The van der Waals surface area contributed by atoms with Crippen LogP contribution in [0.4, 0.5) is 0 Å². The molecule has 3 heteroatoms. The van der Waals surface area contributed by atoms with Crippen LogP contribution in [-0.4, -0.2) is 25.5 Å². The van der Waals surface area contributed by atoms with Gasteiger partial charge in [0.25, 0.3) is 0 Å². The molecule has 3 nitrogen and oxygen atoms in total. The Morgan fingerprint density at radius 2 is 2.22 bits per heavy atom. The van der Waals surface area contributed by atoms with Crippen LogP contribution in [0.2, 0.25) is 0 Å². The molecule has 0 fully saturated rings. The third kappa shape index (κ3) is 3.70. The normalized spacial score (nSPS) is 15.1. The molecule has 96 valence electrons. The van der Waals surface area contributed by atoms with Crippen molar-refractivity contribution in [3.05, 3.63) is 47.0 Å². The topological polar surface area (TPSA) is 41.1 Å². The average Bonchev–Trinajstić information content (AvgIpc) is 2.40. The Balaban J connectivity index is 1.82. The van der Waals surface area contributed by atoms with Crippen LogP contribution in [0, 0.1) is 6.92 Å². The monoisotopic (exact) mass is 244 g/mol. The highest BCUT2D eigenvalue weighted by atomic mass is 16.1. The van der Waals surface area contributed by atoms with E-state index in [0.29, 0.717) is 13.0 Å². The number of carbonyl (C=O) groups is 1. The van der Waals surface area contributed by atoms with E-state index in [2.05, 4.69) is 16.7 Å². The lowest BCUT2D eigenvalue weighted by Gasteiger charge is -2.14. The number of hydrogen-bond acceptors (Lipinski definition) is 2. The van der Waals surface area contributed by atoms with Gasteiger partial charge in [-0.15, -0.1) is 0 Å². The van der Waals surface area contributed by atoms with Crippen molar-refractivity contribution in [1.82, 2.24) is 10.6 Å². The van der Waals surface area contributed by atoms with Gasteiger partial charge in [-0.25, -0.2) is 0 Å². The fraction of sp³-hybridized carbons (Fsp3) is 0.400. The molecule has 1 heterocycles. The van der Waals surface area contributed by atoms with Crippen molar-refractivity contribution in [1.29, 1.82) is 0 Å². The Hall–Kier alpha value is -1.61. The first-order valence-corrected chi connectivity index (χ1v) is 6.45. The Morgan fingerprint density at radius 3 is 2.94 bits per heavy atom. The van der Waals surface area contributed by atoms with E-state index in [1.54, 1.807) is 0 Å². The Kier molecular flexibility index (Phi) is 4.53. The highest BCUT2D eigenvalue weighted by Crippen LogP contribution is 2.08.